The first kappa shape index (κ1) is 15.7. The summed E-state index contributed by atoms with van der Waals surface area (Å²) in [6.07, 6.45) is -0.451. The predicted molar refractivity (Wildman–Crippen MR) is 93.9 cm³/mol. The zero-order valence-electron chi connectivity index (χ0n) is 12.4. The monoisotopic (exact) mass is 361 g/mol. The van der Waals surface area contributed by atoms with Gasteiger partial charge in [0.1, 0.15) is 6.17 Å². The first-order valence-electron chi connectivity index (χ1n) is 7.19. The summed E-state index contributed by atoms with van der Waals surface area (Å²) >= 11 is 1.62. The van der Waals surface area contributed by atoms with Gasteiger partial charge in [0.15, 0.2) is 0 Å². The highest BCUT2D eigenvalue weighted by Crippen LogP contribution is 2.39. The highest BCUT2D eigenvalue weighted by Gasteiger charge is 2.27. The minimum Gasteiger partial charge on any atom is -0.225 e. The van der Waals surface area contributed by atoms with E-state index in [2.05, 4.69) is 21.9 Å². The Hall–Kier alpha value is -1.85. The Labute approximate surface area is 142 Å². The maximum atomic E-state index is 12.1. The molecule has 0 saturated carbocycles. The molecule has 1 aromatic heterocycles. The number of rotatable bonds is 3. The Balaban J connectivity index is 2.01. The third-order valence-electron chi connectivity index (χ3n) is 3.93. The Morgan fingerprint density at radius 3 is 2.46 bits per heavy atom. The van der Waals surface area contributed by atoms with E-state index in [1.165, 1.54) is 6.07 Å². The smallest absolute Gasteiger partial charge is 0.225 e. The van der Waals surface area contributed by atoms with E-state index in [4.69, 9.17) is 5.14 Å². The van der Waals surface area contributed by atoms with Crippen molar-refractivity contribution in [3.8, 4) is 11.1 Å². The van der Waals surface area contributed by atoms with Crippen LogP contribution in [0.4, 0.5) is 0 Å². The molecule has 6 N–H and O–H groups in total. The fourth-order valence-corrected chi connectivity index (χ4v) is 4.67. The van der Waals surface area contributed by atoms with Gasteiger partial charge in [-0.25, -0.2) is 24.4 Å². The fourth-order valence-electron chi connectivity index (χ4n) is 2.91. The van der Waals surface area contributed by atoms with Crippen LogP contribution >= 0.6 is 11.3 Å². The molecule has 0 atom stereocenters. The molecule has 0 unspecified atom stereocenters. The number of fused-ring (bicyclic) bond motifs is 1. The standard InChI is InChI=1S/C15H15N5O2S2/c16-24(21,22)13-7-3-5-10(14(13)15-17-19-20-18-15)11-8-23-12-6-2-1-4-9(11)12/h1-8,15,17-20H,(H2,16,21,22). The lowest BCUT2D eigenvalue weighted by Crippen LogP contribution is -2.33. The van der Waals surface area contributed by atoms with Crippen LogP contribution < -0.4 is 27.1 Å². The lowest BCUT2D eigenvalue weighted by atomic mass is 9.97. The summed E-state index contributed by atoms with van der Waals surface area (Å²) in [6, 6.07) is 13.2. The Morgan fingerprint density at radius 2 is 1.71 bits per heavy atom. The van der Waals surface area contributed by atoms with Gasteiger partial charge in [-0.3, -0.25) is 0 Å². The topological polar surface area (TPSA) is 108 Å². The lowest BCUT2D eigenvalue weighted by molar-refractivity contribution is 0.541. The van der Waals surface area contributed by atoms with E-state index < -0.39 is 16.2 Å². The quantitative estimate of drug-likeness (QED) is 0.482. The molecule has 1 aliphatic heterocycles. The van der Waals surface area contributed by atoms with Gasteiger partial charge in [0, 0.05) is 21.2 Å². The third-order valence-corrected chi connectivity index (χ3v) is 5.86. The molecule has 0 spiro atoms. The zero-order chi connectivity index (χ0) is 16.7. The van der Waals surface area contributed by atoms with Gasteiger partial charge < -0.3 is 0 Å². The number of nitrogens with two attached hydrogens (primary N) is 1. The predicted octanol–water partition coefficient (Wildman–Crippen LogP) is 1.33. The van der Waals surface area contributed by atoms with E-state index in [0.29, 0.717) is 5.56 Å². The van der Waals surface area contributed by atoms with Gasteiger partial charge in [0.25, 0.3) is 0 Å². The van der Waals surface area contributed by atoms with Gasteiger partial charge in [-0.15, -0.1) is 11.3 Å². The second kappa shape index (κ2) is 5.90. The molecule has 1 fully saturated rings. The van der Waals surface area contributed by atoms with E-state index in [1.807, 2.05) is 35.7 Å². The molecule has 24 heavy (non-hydrogen) atoms. The van der Waals surface area contributed by atoms with Crippen molar-refractivity contribution in [3.05, 3.63) is 53.4 Å². The van der Waals surface area contributed by atoms with Crippen molar-refractivity contribution in [1.82, 2.24) is 21.9 Å². The SMILES string of the molecule is NS(=O)(=O)c1cccc(-c2csc3ccccc23)c1C1NNNN1. The maximum absolute atomic E-state index is 12.1. The molecule has 7 nitrogen and oxygen atoms in total. The molecule has 1 aliphatic rings. The van der Waals surface area contributed by atoms with Crippen molar-refractivity contribution in [3.63, 3.8) is 0 Å². The molecule has 2 heterocycles. The molecule has 1 saturated heterocycles. The molecule has 0 amide bonds. The summed E-state index contributed by atoms with van der Waals surface area (Å²) in [4.78, 5) is 0.0887. The van der Waals surface area contributed by atoms with Gasteiger partial charge in [-0.05, 0) is 23.1 Å². The molecule has 0 bridgehead atoms. The highest BCUT2D eigenvalue weighted by molar-refractivity contribution is 7.89. The number of primary sulfonamides is 1. The molecule has 124 valence electrons. The van der Waals surface area contributed by atoms with Gasteiger partial charge in [-0.1, -0.05) is 30.3 Å². The van der Waals surface area contributed by atoms with E-state index in [9.17, 15) is 8.42 Å². The Morgan fingerprint density at radius 1 is 0.958 bits per heavy atom. The van der Waals surface area contributed by atoms with Crippen LogP contribution in [0.2, 0.25) is 0 Å². The summed E-state index contributed by atoms with van der Waals surface area (Å²) < 4.78 is 25.3. The summed E-state index contributed by atoms with van der Waals surface area (Å²) in [5.41, 5.74) is 13.7. The number of hydrogen-bond donors (Lipinski definition) is 5. The first-order chi connectivity index (χ1) is 11.6. The van der Waals surface area contributed by atoms with Crippen molar-refractivity contribution in [2.45, 2.75) is 11.1 Å². The number of hydrazine groups is 3. The van der Waals surface area contributed by atoms with Crippen molar-refractivity contribution in [2.24, 2.45) is 5.14 Å². The third kappa shape index (κ3) is 2.62. The number of nitrogens with one attached hydrogen (secondary N) is 4. The number of hydrogen-bond acceptors (Lipinski definition) is 7. The fraction of sp³-hybridized carbons (Fsp3) is 0.0667. The zero-order valence-corrected chi connectivity index (χ0v) is 14.0. The number of benzene rings is 2. The van der Waals surface area contributed by atoms with Crippen LogP contribution in [0.25, 0.3) is 21.2 Å². The lowest BCUT2D eigenvalue weighted by Gasteiger charge is -2.18. The molecular weight excluding hydrogens is 346 g/mol. The average Bonchev–Trinajstić information content (AvgIpc) is 3.23. The van der Waals surface area contributed by atoms with Crippen LogP contribution in [0.3, 0.4) is 0 Å². The van der Waals surface area contributed by atoms with E-state index in [1.54, 1.807) is 17.4 Å². The van der Waals surface area contributed by atoms with Gasteiger partial charge in [0.2, 0.25) is 10.0 Å². The van der Waals surface area contributed by atoms with Crippen LogP contribution in [-0.4, -0.2) is 8.42 Å². The summed E-state index contributed by atoms with van der Waals surface area (Å²) in [6.45, 7) is 0. The summed E-state index contributed by atoms with van der Waals surface area (Å²) in [7, 11) is -3.87. The molecule has 9 heteroatoms. The number of thiophene rings is 1. The van der Waals surface area contributed by atoms with Crippen LogP contribution in [0.15, 0.2) is 52.7 Å². The molecule has 3 aromatic rings. The minimum absolute atomic E-state index is 0.0887. The van der Waals surface area contributed by atoms with E-state index >= 15 is 0 Å². The van der Waals surface area contributed by atoms with E-state index in [0.717, 1.165) is 21.2 Å². The van der Waals surface area contributed by atoms with Crippen molar-refractivity contribution < 1.29 is 8.42 Å². The van der Waals surface area contributed by atoms with Crippen LogP contribution in [0.5, 0.6) is 0 Å². The van der Waals surface area contributed by atoms with Gasteiger partial charge >= 0.3 is 0 Å². The normalized spacial score (nSPS) is 16.0. The second-order valence-corrected chi connectivity index (χ2v) is 7.82. The van der Waals surface area contributed by atoms with Crippen molar-refractivity contribution in [2.75, 3.05) is 0 Å². The van der Waals surface area contributed by atoms with Crippen molar-refractivity contribution in [1.29, 1.82) is 0 Å². The second-order valence-electron chi connectivity index (χ2n) is 5.38. The molecule has 2 aromatic carbocycles. The maximum Gasteiger partial charge on any atom is 0.238 e. The molecule has 0 aliphatic carbocycles. The molecule has 0 radical (unpaired) electrons. The van der Waals surface area contributed by atoms with Crippen molar-refractivity contribution >= 4 is 31.4 Å². The Kier molecular flexibility index (Phi) is 3.85. The average molecular weight is 361 g/mol. The Bertz CT molecular complexity index is 1010. The van der Waals surface area contributed by atoms with Crippen LogP contribution in [0, 0.1) is 0 Å². The number of sulfonamides is 1. The van der Waals surface area contributed by atoms with Crippen LogP contribution in [-0.2, 0) is 10.0 Å². The van der Waals surface area contributed by atoms with E-state index in [-0.39, 0.29) is 4.90 Å². The van der Waals surface area contributed by atoms with Gasteiger partial charge in [0.05, 0.1) is 4.90 Å². The summed E-state index contributed by atoms with van der Waals surface area (Å²) in [5.74, 6) is 0. The minimum atomic E-state index is -3.87. The largest absolute Gasteiger partial charge is 0.238 e. The van der Waals surface area contributed by atoms with Gasteiger partial charge in [-0.2, -0.15) is 11.1 Å². The molecular formula is C15H15N5O2S2. The van der Waals surface area contributed by atoms with Crippen LogP contribution in [0.1, 0.15) is 11.7 Å². The summed E-state index contributed by atoms with van der Waals surface area (Å²) in [5, 5.41) is 8.55. The highest BCUT2D eigenvalue weighted by atomic mass is 32.2. The first-order valence-corrected chi connectivity index (χ1v) is 9.62. The molecule has 4 rings (SSSR count).